The van der Waals surface area contributed by atoms with Gasteiger partial charge in [0.05, 0.1) is 12.2 Å². The molecule has 1 aromatic rings. The zero-order valence-electron chi connectivity index (χ0n) is 12.4. The van der Waals surface area contributed by atoms with Crippen LogP contribution in [0.15, 0.2) is 18.2 Å². The standard InChI is InChI=1S/C17H22N2O2/c20-17-19(9-10-21-17)16-6-2-5-14-12-18(8-7-15(14)16)11-13-3-1-4-13/h2,5-6,13H,1,3-4,7-12H2. The number of fused-ring (bicyclic) bond motifs is 1. The summed E-state index contributed by atoms with van der Waals surface area (Å²) in [6, 6.07) is 6.35. The van der Waals surface area contributed by atoms with Crippen molar-refractivity contribution in [3.63, 3.8) is 0 Å². The first-order chi connectivity index (χ1) is 10.3. The number of cyclic esters (lactones) is 1. The smallest absolute Gasteiger partial charge is 0.414 e. The minimum atomic E-state index is -0.194. The molecule has 0 radical (unpaired) electrons. The maximum atomic E-state index is 11.8. The Balaban J connectivity index is 1.54. The highest BCUT2D eigenvalue weighted by Gasteiger charge is 2.29. The van der Waals surface area contributed by atoms with Crippen molar-refractivity contribution in [3.8, 4) is 0 Å². The van der Waals surface area contributed by atoms with Gasteiger partial charge in [-0.1, -0.05) is 18.6 Å². The SMILES string of the molecule is O=C1OCCN1c1cccc2c1CCN(CC1CCC1)C2. The van der Waals surface area contributed by atoms with E-state index in [9.17, 15) is 4.79 Å². The van der Waals surface area contributed by atoms with E-state index in [4.69, 9.17) is 4.74 Å². The lowest BCUT2D eigenvalue weighted by molar-refractivity contribution is 0.166. The van der Waals surface area contributed by atoms with Crippen molar-refractivity contribution in [2.45, 2.75) is 32.2 Å². The molecule has 1 aliphatic carbocycles. The van der Waals surface area contributed by atoms with Crippen LogP contribution in [0.4, 0.5) is 10.5 Å². The van der Waals surface area contributed by atoms with E-state index < -0.39 is 0 Å². The molecular formula is C17H22N2O2. The lowest BCUT2D eigenvalue weighted by atomic mass is 9.84. The molecule has 112 valence electrons. The van der Waals surface area contributed by atoms with Crippen LogP contribution in [0.2, 0.25) is 0 Å². The van der Waals surface area contributed by atoms with Crippen LogP contribution in [0.5, 0.6) is 0 Å². The Morgan fingerprint density at radius 1 is 1.24 bits per heavy atom. The second kappa shape index (κ2) is 5.34. The lowest BCUT2D eigenvalue weighted by Crippen LogP contribution is -2.37. The Morgan fingerprint density at radius 3 is 2.86 bits per heavy atom. The van der Waals surface area contributed by atoms with E-state index >= 15 is 0 Å². The summed E-state index contributed by atoms with van der Waals surface area (Å²) in [4.78, 5) is 16.2. The molecule has 0 unspecified atom stereocenters. The van der Waals surface area contributed by atoms with Crippen molar-refractivity contribution in [1.29, 1.82) is 0 Å². The molecule has 0 N–H and O–H groups in total. The molecule has 2 heterocycles. The fourth-order valence-corrected chi connectivity index (χ4v) is 3.71. The van der Waals surface area contributed by atoms with Gasteiger partial charge < -0.3 is 4.74 Å². The van der Waals surface area contributed by atoms with Gasteiger partial charge in [0.15, 0.2) is 0 Å². The molecule has 21 heavy (non-hydrogen) atoms. The number of rotatable bonds is 3. The highest BCUT2D eigenvalue weighted by molar-refractivity contribution is 5.90. The Bertz CT molecular complexity index is 554. The number of nitrogens with zero attached hydrogens (tertiary/aromatic N) is 2. The largest absolute Gasteiger partial charge is 0.447 e. The van der Waals surface area contributed by atoms with Gasteiger partial charge in [-0.3, -0.25) is 9.80 Å². The van der Waals surface area contributed by atoms with E-state index in [0.29, 0.717) is 13.2 Å². The predicted molar refractivity (Wildman–Crippen MR) is 81.5 cm³/mol. The van der Waals surface area contributed by atoms with Gasteiger partial charge in [-0.15, -0.1) is 0 Å². The quantitative estimate of drug-likeness (QED) is 0.856. The van der Waals surface area contributed by atoms with Gasteiger partial charge in [0, 0.05) is 19.6 Å². The number of hydrogen-bond donors (Lipinski definition) is 0. The zero-order valence-corrected chi connectivity index (χ0v) is 12.4. The molecule has 1 amide bonds. The van der Waals surface area contributed by atoms with E-state index in [1.54, 1.807) is 4.90 Å². The Kier molecular flexibility index (Phi) is 3.34. The van der Waals surface area contributed by atoms with E-state index in [-0.39, 0.29) is 6.09 Å². The van der Waals surface area contributed by atoms with Gasteiger partial charge in [-0.25, -0.2) is 4.79 Å². The summed E-state index contributed by atoms with van der Waals surface area (Å²) in [5.74, 6) is 0.920. The molecule has 1 saturated heterocycles. The first-order valence-corrected chi connectivity index (χ1v) is 8.08. The molecule has 4 nitrogen and oxygen atoms in total. The third kappa shape index (κ3) is 2.42. The normalized spacial score (nSPS) is 22.9. The van der Waals surface area contributed by atoms with Crippen molar-refractivity contribution >= 4 is 11.8 Å². The molecule has 0 spiro atoms. The number of amides is 1. The average Bonchev–Trinajstić information content (AvgIpc) is 2.88. The summed E-state index contributed by atoms with van der Waals surface area (Å²) in [5, 5.41) is 0. The summed E-state index contributed by atoms with van der Waals surface area (Å²) in [5.41, 5.74) is 3.80. The van der Waals surface area contributed by atoms with Gasteiger partial charge in [-0.05, 0) is 42.4 Å². The predicted octanol–water partition coefficient (Wildman–Crippen LogP) is 2.80. The second-order valence-corrected chi connectivity index (χ2v) is 6.46. The van der Waals surface area contributed by atoms with Crippen molar-refractivity contribution in [2.75, 3.05) is 31.1 Å². The first kappa shape index (κ1) is 13.1. The van der Waals surface area contributed by atoms with E-state index in [2.05, 4.69) is 23.1 Å². The molecule has 4 heteroatoms. The van der Waals surface area contributed by atoms with Crippen LogP contribution in [0.1, 0.15) is 30.4 Å². The second-order valence-electron chi connectivity index (χ2n) is 6.46. The highest BCUT2D eigenvalue weighted by Crippen LogP contribution is 2.33. The molecule has 3 aliphatic rings. The number of carbonyl (C=O) groups is 1. The van der Waals surface area contributed by atoms with Crippen molar-refractivity contribution in [3.05, 3.63) is 29.3 Å². The van der Waals surface area contributed by atoms with Crippen LogP contribution in [0.25, 0.3) is 0 Å². The summed E-state index contributed by atoms with van der Waals surface area (Å²) in [6.07, 6.45) is 5.07. The highest BCUT2D eigenvalue weighted by atomic mass is 16.6. The minimum Gasteiger partial charge on any atom is -0.447 e. The third-order valence-corrected chi connectivity index (χ3v) is 5.11. The van der Waals surface area contributed by atoms with Gasteiger partial charge in [-0.2, -0.15) is 0 Å². The third-order valence-electron chi connectivity index (χ3n) is 5.11. The Labute approximate surface area is 125 Å². The summed E-state index contributed by atoms with van der Waals surface area (Å²) in [6.45, 7) is 4.58. The van der Waals surface area contributed by atoms with Gasteiger partial charge in [0.25, 0.3) is 0 Å². The number of anilines is 1. The Hall–Kier alpha value is -1.55. The lowest BCUT2D eigenvalue weighted by Gasteiger charge is -2.36. The molecule has 1 saturated carbocycles. The Morgan fingerprint density at radius 2 is 2.14 bits per heavy atom. The van der Waals surface area contributed by atoms with Crippen molar-refractivity contribution in [2.24, 2.45) is 5.92 Å². The van der Waals surface area contributed by atoms with Crippen LogP contribution in [-0.2, 0) is 17.7 Å². The fourth-order valence-electron chi connectivity index (χ4n) is 3.71. The topological polar surface area (TPSA) is 32.8 Å². The zero-order chi connectivity index (χ0) is 14.2. The van der Waals surface area contributed by atoms with E-state index in [0.717, 1.165) is 31.1 Å². The molecule has 2 fully saturated rings. The van der Waals surface area contributed by atoms with Crippen LogP contribution >= 0.6 is 0 Å². The maximum Gasteiger partial charge on any atom is 0.414 e. The molecule has 0 aromatic heterocycles. The monoisotopic (exact) mass is 286 g/mol. The van der Waals surface area contributed by atoms with Gasteiger partial charge in [0.2, 0.25) is 0 Å². The van der Waals surface area contributed by atoms with Crippen molar-refractivity contribution < 1.29 is 9.53 Å². The molecule has 2 aliphatic heterocycles. The fraction of sp³-hybridized carbons (Fsp3) is 0.588. The van der Waals surface area contributed by atoms with Crippen LogP contribution < -0.4 is 4.90 Å². The molecule has 0 atom stereocenters. The molecule has 1 aromatic carbocycles. The number of hydrogen-bond acceptors (Lipinski definition) is 3. The summed E-state index contributed by atoms with van der Waals surface area (Å²) < 4.78 is 5.08. The molecule has 4 rings (SSSR count). The average molecular weight is 286 g/mol. The maximum absolute atomic E-state index is 11.8. The number of benzene rings is 1. The van der Waals surface area contributed by atoms with Crippen LogP contribution in [0, 0.1) is 5.92 Å². The first-order valence-electron chi connectivity index (χ1n) is 8.08. The van der Waals surface area contributed by atoms with Crippen LogP contribution in [-0.4, -0.2) is 37.2 Å². The van der Waals surface area contributed by atoms with Gasteiger partial charge >= 0.3 is 6.09 Å². The van der Waals surface area contributed by atoms with E-state index in [1.165, 1.54) is 36.9 Å². The van der Waals surface area contributed by atoms with Crippen LogP contribution in [0.3, 0.4) is 0 Å². The van der Waals surface area contributed by atoms with Crippen molar-refractivity contribution in [1.82, 2.24) is 4.90 Å². The van der Waals surface area contributed by atoms with E-state index in [1.807, 2.05) is 0 Å². The van der Waals surface area contributed by atoms with Gasteiger partial charge in [0.1, 0.15) is 6.61 Å². The minimum absolute atomic E-state index is 0.194. The molecule has 0 bridgehead atoms. The summed E-state index contributed by atoms with van der Waals surface area (Å²) >= 11 is 0. The number of ether oxygens (including phenoxy) is 1. The summed E-state index contributed by atoms with van der Waals surface area (Å²) in [7, 11) is 0. The number of carbonyl (C=O) groups excluding carboxylic acids is 1. The molecular weight excluding hydrogens is 264 g/mol.